The van der Waals surface area contributed by atoms with Gasteiger partial charge in [-0.3, -0.25) is 9.79 Å². The van der Waals surface area contributed by atoms with Gasteiger partial charge in [-0.15, -0.1) is 16.8 Å². The predicted molar refractivity (Wildman–Crippen MR) is 120 cm³/mol. The van der Waals surface area contributed by atoms with Crippen molar-refractivity contribution in [2.75, 3.05) is 5.32 Å². The van der Waals surface area contributed by atoms with Crippen LogP contribution < -0.4 is 5.32 Å². The van der Waals surface area contributed by atoms with Gasteiger partial charge in [0.15, 0.2) is 5.16 Å². The van der Waals surface area contributed by atoms with Crippen molar-refractivity contribution in [1.82, 2.24) is 14.8 Å². The highest BCUT2D eigenvalue weighted by atomic mass is 32.2. The van der Waals surface area contributed by atoms with Gasteiger partial charge in [-0.1, -0.05) is 49.9 Å². The van der Waals surface area contributed by atoms with Crippen LogP contribution in [0.15, 0.2) is 59.3 Å². The quantitative estimate of drug-likeness (QED) is 0.503. The van der Waals surface area contributed by atoms with E-state index in [1.807, 2.05) is 54.1 Å². The number of aromatic nitrogens is 3. The molecule has 2 atom stereocenters. The molecule has 0 fully saturated rings. The minimum absolute atomic E-state index is 0.0632. The maximum Gasteiger partial charge on any atom is 0.237 e. The van der Waals surface area contributed by atoms with Crippen LogP contribution in [0.1, 0.15) is 50.4 Å². The monoisotopic (exact) mass is 409 g/mol. The lowest BCUT2D eigenvalue weighted by molar-refractivity contribution is -0.115. The number of allylic oxidation sites excluding steroid dienone is 2. The molecular formula is C22H27N5OS. The molecule has 6 nitrogen and oxygen atoms in total. The van der Waals surface area contributed by atoms with Crippen LogP contribution >= 0.6 is 11.8 Å². The number of benzene rings is 1. The average Bonchev–Trinajstić information content (AvgIpc) is 3.11. The summed E-state index contributed by atoms with van der Waals surface area (Å²) in [5, 5.41) is 12.1. The molecule has 2 aromatic rings. The molecule has 1 N–H and O–H groups in total. The molecule has 0 aliphatic carbocycles. The molecule has 1 aromatic carbocycles. The third-order valence-electron chi connectivity index (χ3n) is 4.75. The summed E-state index contributed by atoms with van der Waals surface area (Å²) in [6, 6.07) is 7.98. The first-order chi connectivity index (χ1) is 14.0. The summed E-state index contributed by atoms with van der Waals surface area (Å²) in [6.45, 7) is 10.6. The number of amides is 1. The number of hydrogen-bond donors (Lipinski definition) is 1. The van der Waals surface area contributed by atoms with Gasteiger partial charge in [-0.25, -0.2) is 0 Å². The Bertz CT molecular complexity index is 914. The smallest absolute Gasteiger partial charge is 0.237 e. The topological polar surface area (TPSA) is 72.2 Å². The van der Waals surface area contributed by atoms with Gasteiger partial charge in [0, 0.05) is 30.6 Å². The van der Waals surface area contributed by atoms with E-state index < -0.39 is 0 Å². The van der Waals surface area contributed by atoms with Gasteiger partial charge < -0.3 is 9.88 Å². The summed E-state index contributed by atoms with van der Waals surface area (Å²) in [5.74, 6) is 1.40. The fraction of sp³-hybridized carbons (Fsp3) is 0.364. The summed E-state index contributed by atoms with van der Waals surface area (Å²) in [4.78, 5) is 16.8. The van der Waals surface area contributed by atoms with Crippen molar-refractivity contribution in [3.63, 3.8) is 0 Å². The lowest BCUT2D eigenvalue weighted by atomic mass is 10.0. The number of thioether (sulfide) groups is 1. The number of rotatable bonds is 8. The van der Waals surface area contributed by atoms with E-state index >= 15 is 0 Å². The van der Waals surface area contributed by atoms with Crippen molar-refractivity contribution in [3.8, 4) is 0 Å². The lowest BCUT2D eigenvalue weighted by Crippen LogP contribution is -2.23. The Morgan fingerprint density at radius 2 is 2.07 bits per heavy atom. The zero-order chi connectivity index (χ0) is 20.8. The highest BCUT2D eigenvalue weighted by Crippen LogP contribution is 2.28. The van der Waals surface area contributed by atoms with E-state index in [2.05, 4.69) is 40.9 Å². The Hall–Kier alpha value is -2.67. The van der Waals surface area contributed by atoms with Gasteiger partial charge in [0.05, 0.1) is 5.25 Å². The maximum atomic E-state index is 12.7. The largest absolute Gasteiger partial charge is 0.325 e. The van der Waals surface area contributed by atoms with Gasteiger partial charge >= 0.3 is 0 Å². The second kappa shape index (κ2) is 9.69. The number of anilines is 1. The van der Waals surface area contributed by atoms with Crippen molar-refractivity contribution >= 4 is 29.6 Å². The Morgan fingerprint density at radius 1 is 1.31 bits per heavy atom. The van der Waals surface area contributed by atoms with E-state index in [4.69, 9.17) is 0 Å². The molecule has 0 bridgehead atoms. The molecule has 29 heavy (non-hydrogen) atoms. The predicted octanol–water partition coefficient (Wildman–Crippen LogP) is 4.78. The first-order valence-electron chi connectivity index (χ1n) is 9.79. The molecule has 2 heterocycles. The summed E-state index contributed by atoms with van der Waals surface area (Å²) in [7, 11) is 0. The lowest BCUT2D eigenvalue weighted by Gasteiger charge is -2.16. The van der Waals surface area contributed by atoms with Crippen molar-refractivity contribution in [1.29, 1.82) is 0 Å². The minimum atomic E-state index is -0.316. The van der Waals surface area contributed by atoms with Crippen LogP contribution in [0.2, 0.25) is 0 Å². The van der Waals surface area contributed by atoms with Crippen LogP contribution in [0.3, 0.4) is 0 Å². The van der Waals surface area contributed by atoms with Crippen molar-refractivity contribution in [2.45, 2.75) is 56.0 Å². The summed E-state index contributed by atoms with van der Waals surface area (Å²) in [6.07, 6.45) is 8.30. The van der Waals surface area contributed by atoms with Crippen LogP contribution in [-0.2, 0) is 11.3 Å². The number of nitrogens with one attached hydrogen (secondary N) is 1. The van der Waals surface area contributed by atoms with Crippen molar-refractivity contribution in [2.24, 2.45) is 4.99 Å². The minimum Gasteiger partial charge on any atom is -0.325 e. The fourth-order valence-electron chi connectivity index (χ4n) is 3.03. The number of hydrogen-bond acceptors (Lipinski definition) is 5. The maximum absolute atomic E-state index is 12.7. The molecule has 1 aromatic heterocycles. The molecule has 7 heteroatoms. The van der Waals surface area contributed by atoms with Gasteiger partial charge in [0.25, 0.3) is 0 Å². The molecular weight excluding hydrogens is 382 g/mol. The van der Waals surface area contributed by atoms with Crippen molar-refractivity contribution < 1.29 is 4.79 Å². The molecule has 0 spiro atoms. The fourth-order valence-corrected chi connectivity index (χ4v) is 3.89. The van der Waals surface area contributed by atoms with Crippen LogP contribution in [0.4, 0.5) is 5.69 Å². The Balaban J connectivity index is 1.69. The standard InChI is InChI=1S/C22H27N5OS/c1-5-14-27-20(18-10-12-23-13-11-18)25-26-22(27)29-16(4)21(28)24-19-8-6-17(7-9-19)15(2)3/h5-10,12-13,15-16,18H,1,11,14H2,2-4H3,(H,24,28). The molecule has 2 unspecified atom stereocenters. The van der Waals surface area contributed by atoms with Gasteiger partial charge in [-0.05, 0) is 37.0 Å². The zero-order valence-corrected chi connectivity index (χ0v) is 17.9. The molecule has 0 radical (unpaired) electrons. The van der Waals surface area contributed by atoms with E-state index in [1.165, 1.54) is 17.3 Å². The van der Waals surface area contributed by atoms with Crippen LogP contribution in [0.5, 0.6) is 0 Å². The van der Waals surface area contributed by atoms with Crippen LogP contribution in [-0.4, -0.2) is 32.1 Å². The molecule has 152 valence electrons. The third-order valence-corrected chi connectivity index (χ3v) is 5.83. The second-order valence-electron chi connectivity index (χ2n) is 7.28. The molecule has 3 rings (SSSR count). The highest BCUT2D eigenvalue weighted by molar-refractivity contribution is 8.00. The summed E-state index contributed by atoms with van der Waals surface area (Å²) in [5.41, 5.74) is 2.05. The second-order valence-corrected chi connectivity index (χ2v) is 8.59. The van der Waals surface area contributed by atoms with Crippen LogP contribution in [0.25, 0.3) is 0 Å². The van der Waals surface area contributed by atoms with Gasteiger partial charge in [0.1, 0.15) is 5.82 Å². The van der Waals surface area contributed by atoms with E-state index in [0.717, 1.165) is 17.9 Å². The average molecular weight is 410 g/mol. The normalized spacial score (nSPS) is 16.8. The number of nitrogens with zero attached hydrogens (tertiary/aromatic N) is 4. The molecule has 0 saturated heterocycles. The number of carbonyl (C=O) groups excluding carboxylic acids is 1. The Kier molecular flexibility index (Phi) is 7.04. The summed E-state index contributed by atoms with van der Waals surface area (Å²) >= 11 is 1.40. The molecule has 0 saturated carbocycles. The third kappa shape index (κ3) is 5.23. The van der Waals surface area contributed by atoms with E-state index in [9.17, 15) is 4.79 Å². The highest BCUT2D eigenvalue weighted by Gasteiger charge is 2.23. The zero-order valence-electron chi connectivity index (χ0n) is 17.1. The first kappa shape index (κ1) is 21.0. The number of carbonyl (C=O) groups is 1. The SMILES string of the molecule is C=CCn1c(SC(C)C(=O)Nc2ccc(C(C)C)cc2)nnc1C1C=CN=CC1. The Morgan fingerprint density at radius 3 is 2.69 bits per heavy atom. The van der Waals surface area contributed by atoms with Gasteiger partial charge in [0.2, 0.25) is 5.91 Å². The van der Waals surface area contributed by atoms with E-state index in [0.29, 0.717) is 17.6 Å². The first-order valence-corrected chi connectivity index (χ1v) is 10.7. The Labute approximate surface area is 176 Å². The van der Waals surface area contributed by atoms with Gasteiger partial charge in [-0.2, -0.15) is 0 Å². The molecule has 1 aliphatic rings. The number of aliphatic imine (C=N–C) groups is 1. The van der Waals surface area contributed by atoms with E-state index in [-0.39, 0.29) is 17.1 Å². The van der Waals surface area contributed by atoms with E-state index in [1.54, 1.807) is 6.20 Å². The van der Waals surface area contributed by atoms with Crippen molar-refractivity contribution in [3.05, 3.63) is 60.6 Å². The van der Waals surface area contributed by atoms with Crippen LogP contribution in [0, 0.1) is 0 Å². The molecule has 1 aliphatic heterocycles. The molecule has 1 amide bonds. The summed E-state index contributed by atoms with van der Waals surface area (Å²) < 4.78 is 2.02.